The summed E-state index contributed by atoms with van der Waals surface area (Å²) in [4.78, 5) is 15.4. The molecule has 0 aliphatic carbocycles. The SMILES string of the molecule is CN1CCCCC1CNC(=O)c1sc2ccccc2c1N. The van der Waals surface area contributed by atoms with E-state index >= 15 is 0 Å². The Morgan fingerprint density at radius 1 is 1.43 bits per heavy atom. The predicted octanol–water partition coefficient (Wildman–Crippen LogP) is 2.70. The lowest BCUT2D eigenvalue weighted by Gasteiger charge is -2.32. The number of fused-ring (bicyclic) bond motifs is 1. The van der Waals surface area contributed by atoms with Crippen molar-refractivity contribution in [3.63, 3.8) is 0 Å². The molecule has 3 N–H and O–H groups in total. The highest BCUT2D eigenvalue weighted by atomic mass is 32.1. The largest absolute Gasteiger partial charge is 0.397 e. The van der Waals surface area contributed by atoms with Crippen LogP contribution in [0.5, 0.6) is 0 Å². The Kier molecular flexibility index (Phi) is 4.12. The maximum absolute atomic E-state index is 12.4. The van der Waals surface area contributed by atoms with Crippen LogP contribution in [-0.2, 0) is 0 Å². The molecule has 1 atom stereocenters. The summed E-state index contributed by atoms with van der Waals surface area (Å²) in [5.41, 5.74) is 6.72. The minimum absolute atomic E-state index is 0.0485. The summed E-state index contributed by atoms with van der Waals surface area (Å²) < 4.78 is 1.06. The topological polar surface area (TPSA) is 58.4 Å². The molecule has 4 nitrogen and oxygen atoms in total. The molecule has 2 aromatic rings. The Hall–Kier alpha value is -1.59. The fourth-order valence-electron chi connectivity index (χ4n) is 2.93. The third kappa shape index (κ3) is 2.89. The molecule has 112 valence electrons. The number of nitrogens with zero attached hydrogens (tertiary/aromatic N) is 1. The van der Waals surface area contributed by atoms with E-state index < -0.39 is 0 Å². The maximum Gasteiger partial charge on any atom is 0.263 e. The van der Waals surface area contributed by atoms with Crippen LogP contribution in [0.25, 0.3) is 10.1 Å². The Morgan fingerprint density at radius 3 is 3.00 bits per heavy atom. The Bertz CT molecular complexity index is 652. The normalized spacial score (nSPS) is 19.8. The Labute approximate surface area is 128 Å². The lowest BCUT2D eigenvalue weighted by atomic mass is 10.0. The number of hydrogen-bond acceptors (Lipinski definition) is 4. The first-order valence-corrected chi connectivity index (χ1v) is 8.24. The van der Waals surface area contributed by atoms with Gasteiger partial charge in [0, 0.05) is 22.7 Å². The molecule has 1 amide bonds. The van der Waals surface area contributed by atoms with Gasteiger partial charge in [-0.05, 0) is 32.5 Å². The van der Waals surface area contributed by atoms with E-state index in [9.17, 15) is 4.79 Å². The standard InChI is InChI=1S/C16H21N3OS/c1-19-9-5-4-6-11(19)10-18-16(20)15-14(17)12-7-2-3-8-13(12)21-15/h2-3,7-8,11H,4-6,9-10,17H2,1H3,(H,18,20). The van der Waals surface area contributed by atoms with Crippen molar-refractivity contribution in [1.82, 2.24) is 10.2 Å². The molecule has 0 radical (unpaired) electrons. The van der Waals surface area contributed by atoms with Crippen molar-refractivity contribution in [1.29, 1.82) is 0 Å². The lowest BCUT2D eigenvalue weighted by Crippen LogP contribution is -2.44. The molecule has 0 bridgehead atoms. The minimum atomic E-state index is -0.0485. The van der Waals surface area contributed by atoms with E-state index in [2.05, 4.69) is 17.3 Å². The molecule has 1 aliphatic heterocycles. The maximum atomic E-state index is 12.4. The highest BCUT2D eigenvalue weighted by molar-refractivity contribution is 7.21. The average Bonchev–Trinajstić information content (AvgIpc) is 2.84. The number of nitrogen functional groups attached to an aromatic ring is 1. The van der Waals surface area contributed by atoms with E-state index in [0.29, 0.717) is 23.2 Å². The second-order valence-electron chi connectivity index (χ2n) is 5.68. The molecule has 0 spiro atoms. The average molecular weight is 303 g/mol. The number of piperidine rings is 1. The first-order valence-electron chi connectivity index (χ1n) is 7.42. The molecule has 1 saturated heterocycles. The molecule has 1 aliphatic rings. The van der Waals surface area contributed by atoms with Crippen molar-refractivity contribution in [2.75, 3.05) is 25.9 Å². The fraction of sp³-hybridized carbons (Fsp3) is 0.438. The molecule has 1 fully saturated rings. The number of carbonyl (C=O) groups is 1. The van der Waals surface area contributed by atoms with E-state index in [4.69, 9.17) is 5.73 Å². The van der Waals surface area contributed by atoms with Crippen LogP contribution in [-0.4, -0.2) is 37.0 Å². The number of nitrogens with two attached hydrogens (primary N) is 1. The van der Waals surface area contributed by atoms with Gasteiger partial charge in [-0.3, -0.25) is 4.79 Å². The van der Waals surface area contributed by atoms with E-state index in [0.717, 1.165) is 23.1 Å². The first kappa shape index (κ1) is 14.4. The zero-order valence-corrected chi connectivity index (χ0v) is 13.1. The van der Waals surface area contributed by atoms with Crippen LogP contribution in [0.15, 0.2) is 24.3 Å². The van der Waals surface area contributed by atoms with Crippen LogP contribution in [0, 0.1) is 0 Å². The third-order valence-corrected chi connectivity index (χ3v) is 5.45. The van der Waals surface area contributed by atoms with Crippen LogP contribution in [0.1, 0.15) is 28.9 Å². The quantitative estimate of drug-likeness (QED) is 0.916. The highest BCUT2D eigenvalue weighted by Gasteiger charge is 2.21. The van der Waals surface area contributed by atoms with Crippen LogP contribution < -0.4 is 11.1 Å². The molecule has 5 heteroatoms. The van der Waals surface area contributed by atoms with Gasteiger partial charge in [0.15, 0.2) is 0 Å². The molecule has 3 rings (SSSR count). The molecule has 1 aromatic heterocycles. The smallest absolute Gasteiger partial charge is 0.263 e. The number of benzene rings is 1. The van der Waals surface area contributed by atoms with E-state index in [1.807, 2.05) is 24.3 Å². The predicted molar refractivity (Wildman–Crippen MR) is 88.8 cm³/mol. The van der Waals surface area contributed by atoms with E-state index in [-0.39, 0.29) is 5.91 Å². The highest BCUT2D eigenvalue weighted by Crippen LogP contribution is 2.33. The summed E-state index contributed by atoms with van der Waals surface area (Å²) in [5, 5.41) is 4.03. The molecule has 0 saturated carbocycles. The second kappa shape index (κ2) is 6.03. The van der Waals surface area contributed by atoms with Crippen molar-refractivity contribution in [2.45, 2.75) is 25.3 Å². The molecule has 1 unspecified atom stereocenters. The monoisotopic (exact) mass is 303 g/mol. The number of anilines is 1. The number of thiophene rings is 1. The zero-order chi connectivity index (χ0) is 14.8. The van der Waals surface area contributed by atoms with Crippen molar-refractivity contribution in [3.05, 3.63) is 29.1 Å². The van der Waals surface area contributed by atoms with Crippen molar-refractivity contribution in [2.24, 2.45) is 0 Å². The van der Waals surface area contributed by atoms with Crippen molar-refractivity contribution >= 4 is 33.0 Å². The summed E-state index contributed by atoms with van der Waals surface area (Å²) in [7, 11) is 2.13. The van der Waals surface area contributed by atoms with E-state index in [1.54, 1.807) is 0 Å². The van der Waals surface area contributed by atoms with Gasteiger partial charge >= 0.3 is 0 Å². The Balaban J connectivity index is 1.70. The van der Waals surface area contributed by atoms with Crippen molar-refractivity contribution in [3.8, 4) is 0 Å². The van der Waals surface area contributed by atoms with Gasteiger partial charge in [0.05, 0.1) is 5.69 Å². The summed E-state index contributed by atoms with van der Waals surface area (Å²) >= 11 is 1.47. The number of hydrogen-bond donors (Lipinski definition) is 2. The molecule has 2 heterocycles. The number of rotatable bonds is 3. The summed E-state index contributed by atoms with van der Waals surface area (Å²) in [5.74, 6) is -0.0485. The van der Waals surface area contributed by atoms with Gasteiger partial charge in [-0.1, -0.05) is 24.6 Å². The number of nitrogens with one attached hydrogen (secondary N) is 1. The van der Waals surface area contributed by atoms with Crippen LogP contribution in [0.2, 0.25) is 0 Å². The van der Waals surface area contributed by atoms with E-state index in [1.165, 1.54) is 24.2 Å². The van der Waals surface area contributed by atoms with Crippen molar-refractivity contribution < 1.29 is 4.79 Å². The first-order chi connectivity index (χ1) is 10.2. The number of likely N-dealkylation sites (N-methyl/N-ethyl adjacent to an activating group) is 1. The van der Waals surface area contributed by atoms with Gasteiger partial charge in [0.25, 0.3) is 5.91 Å². The van der Waals surface area contributed by atoms with Gasteiger partial charge in [-0.25, -0.2) is 0 Å². The lowest BCUT2D eigenvalue weighted by molar-refractivity contribution is 0.0933. The third-order valence-electron chi connectivity index (χ3n) is 4.26. The molecule has 21 heavy (non-hydrogen) atoms. The minimum Gasteiger partial charge on any atom is -0.397 e. The molecule has 1 aromatic carbocycles. The number of likely N-dealkylation sites (tertiary alicyclic amines) is 1. The summed E-state index contributed by atoms with van der Waals surface area (Å²) in [6.07, 6.45) is 3.65. The van der Waals surface area contributed by atoms with Gasteiger partial charge in [0.1, 0.15) is 4.88 Å². The van der Waals surface area contributed by atoms with Gasteiger partial charge in [-0.2, -0.15) is 0 Å². The zero-order valence-electron chi connectivity index (χ0n) is 12.3. The summed E-state index contributed by atoms with van der Waals surface area (Å²) in [6.45, 7) is 1.81. The van der Waals surface area contributed by atoms with Gasteiger partial charge in [-0.15, -0.1) is 11.3 Å². The van der Waals surface area contributed by atoms with Gasteiger partial charge in [0.2, 0.25) is 0 Å². The van der Waals surface area contributed by atoms with Crippen LogP contribution in [0.3, 0.4) is 0 Å². The Morgan fingerprint density at radius 2 is 2.24 bits per heavy atom. The fourth-order valence-corrected chi connectivity index (χ4v) is 3.97. The van der Waals surface area contributed by atoms with Crippen LogP contribution in [0.4, 0.5) is 5.69 Å². The van der Waals surface area contributed by atoms with Gasteiger partial charge < -0.3 is 16.0 Å². The number of carbonyl (C=O) groups excluding carboxylic acids is 1. The van der Waals surface area contributed by atoms with Crippen LogP contribution >= 0.6 is 11.3 Å². The second-order valence-corrected chi connectivity index (χ2v) is 6.73. The number of amides is 1. The molecular weight excluding hydrogens is 282 g/mol. The molecular formula is C16H21N3OS. The summed E-state index contributed by atoms with van der Waals surface area (Å²) in [6, 6.07) is 8.33.